The predicted octanol–water partition coefficient (Wildman–Crippen LogP) is 3.63. The van der Waals surface area contributed by atoms with E-state index in [1.807, 2.05) is 18.2 Å². The lowest BCUT2D eigenvalue weighted by Gasteiger charge is -2.01. The minimum Gasteiger partial charge on any atom is -0.397 e. The van der Waals surface area contributed by atoms with Crippen LogP contribution >= 0.6 is 38.6 Å². The van der Waals surface area contributed by atoms with Gasteiger partial charge in [0.05, 0.1) is 17.7 Å². The van der Waals surface area contributed by atoms with Crippen LogP contribution in [0, 0.1) is 0 Å². The van der Waals surface area contributed by atoms with Crippen molar-refractivity contribution in [2.24, 2.45) is 0 Å². The third-order valence-electron chi connectivity index (χ3n) is 2.80. The standard InChI is InChI=1S/C13H10BrN3OS2/c14-7-1-2-9-10(3-7)20-12(11(9)15)13(18)17-5-8-4-16-6-19-8/h1-4,6H,5,15H2,(H,17,18). The molecule has 102 valence electrons. The Balaban J connectivity index is 1.85. The van der Waals surface area contributed by atoms with Gasteiger partial charge in [0.1, 0.15) is 4.88 Å². The average molecular weight is 368 g/mol. The smallest absolute Gasteiger partial charge is 0.263 e. The highest BCUT2D eigenvalue weighted by molar-refractivity contribution is 9.10. The van der Waals surface area contributed by atoms with Crippen molar-refractivity contribution in [2.45, 2.75) is 6.54 Å². The number of nitrogen functional groups attached to an aromatic ring is 1. The van der Waals surface area contributed by atoms with Gasteiger partial charge < -0.3 is 11.1 Å². The van der Waals surface area contributed by atoms with Crippen molar-refractivity contribution >= 4 is 60.3 Å². The molecule has 7 heteroatoms. The summed E-state index contributed by atoms with van der Waals surface area (Å²) in [6.45, 7) is 0.473. The van der Waals surface area contributed by atoms with Crippen LogP contribution in [0.1, 0.15) is 14.5 Å². The number of anilines is 1. The van der Waals surface area contributed by atoms with E-state index in [1.54, 1.807) is 11.7 Å². The van der Waals surface area contributed by atoms with E-state index in [4.69, 9.17) is 5.73 Å². The fourth-order valence-electron chi connectivity index (χ4n) is 1.84. The van der Waals surface area contributed by atoms with E-state index in [0.29, 0.717) is 17.1 Å². The number of halogens is 1. The Hall–Kier alpha value is -1.44. The summed E-state index contributed by atoms with van der Waals surface area (Å²) in [6.07, 6.45) is 1.75. The third-order valence-corrected chi connectivity index (χ3v) is 5.24. The number of hydrogen-bond donors (Lipinski definition) is 2. The van der Waals surface area contributed by atoms with Gasteiger partial charge in [0, 0.05) is 25.6 Å². The zero-order valence-corrected chi connectivity index (χ0v) is 13.4. The van der Waals surface area contributed by atoms with Gasteiger partial charge in [0.15, 0.2) is 0 Å². The predicted molar refractivity (Wildman–Crippen MR) is 87.2 cm³/mol. The summed E-state index contributed by atoms with van der Waals surface area (Å²) in [7, 11) is 0. The first kappa shape index (κ1) is 13.5. The minimum atomic E-state index is -0.145. The fraction of sp³-hybridized carbons (Fsp3) is 0.0769. The number of nitrogens with two attached hydrogens (primary N) is 1. The van der Waals surface area contributed by atoms with Crippen molar-refractivity contribution < 1.29 is 4.79 Å². The molecule has 2 heterocycles. The maximum atomic E-state index is 12.2. The number of thiophene rings is 1. The molecule has 3 N–H and O–H groups in total. The second-order valence-corrected chi connectivity index (χ2v) is 7.07. The van der Waals surface area contributed by atoms with Gasteiger partial charge in [0.2, 0.25) is 0 Å². The molecule has 0 saturated carbocycles. The van der Waals surface area contributed by atoms with Crippen LogP contribution in [0.25, 0.3) is 10.1 Å². The normalized spacial score (nSPS) is 10.8. The number of carbonyl (C=O) groups is 1. The molecule has 2 aromatic heterocycles. The van der Waals surface area contributed by atoms with Gasteiger partial charge in [-0.3, -0.25) is 9.78 Å². The molecule has 0 aliphatic carbocycles. The van der Waals surface area contributed by atoms with Crippen LogP contribution in [0.2, 0.25) is 0 Å². The molecule has 0 atom stereocenters. The molecular formula is C13H10BrN3OS2. The van der Waals surface area contributed by atoms with Gasteiger partial charge in [-0.25, -0.2) is 0 Å². The van der Waals surface area contributed by atoms with Crippen molar-refractivity contribution in [2.75, 3.05) is 5.73 Å². The topological polar surface area (TPSA) is 68.0 Å². The molecule has 0 bridgehead atoms. The Kier molecular flexibility index (Phi) is 3.73. The van der Waals surface area contributed by atoms with Crippen molar-refractivity contribution in [3.8, 4) is 0 Å². The van der Waals surface area contributed by atoms with Gasteiger partial charge in [0.25, 0.3) is 5.91 Å². The summed E-state index contributed by atoms with van der Waals surface area (Å²) < 4.78 is 1.97. The number of nitrogens with one attached hydrogen (secondary N) is 1. The van der Waals surface area contributed by atoms with Crippen molar-refractivity contribution in [1.29, 1.82) is 0 Å². The first-order chi connectivity index (χ1) is 9.65. The van der Waals surface area contributed by atoms with E-state index < -0.39 is 0 Å². The zero-order chi connectivity index (χ0) is 14.1. The van der Waals surface area contributed by atoms with E-state index in [-0.39, 0.29) is 5.91 Å². The Morgan fingerprint density at radius 2 is 2.30 bits per heavy atom. The van der Waals surface area contributed by atoms with Crippen LogP contribution in [-0.2, 0) is 6.54 Å². The number of amides is 1. The second-order valence-electron chi connectivity index (χ2n) is 4.14. The average Bonchev–Trinajstić information content (AvgIpc) is 3.04. The van der Waals surface area contributed by atoms with Crippen LogP contribution < -0.4 is 11.1 Å². The highest BCUT2D eigenvalue weighted by Gasteiger charge is 2.16. The van der Waals surface area contributed by atoms with Gasteiger partial charge in [-0.2, -0.15) is 0 Å². The molecule has 1 aromatic carbocycles. The Morgan fingerprint density at radius 1 is 1.45 bits per heavy atom. The van der Waals surface area contributed by atoms with Crippen LogP contribution in [-0.4, -0.2) is 10.9 Å². The summed E-state index contributed by atoms with van der Waals surface area (Å²) in [4.78, 5) is 17.8. The van der Waals surface area contributed by atoms with E-state index in [1.165, 1.54) is 22.7 Å². The molecule has 0 spiro atoms. The van der Waals surface area contributed by atoms with E-state index in [2.05, 4.69) is 26.2 Å². The minimum absolute atomic E-state index is 0.145. The number of aromatic nitrogens is 1. The molecular weight excluding hydrogens is 358 g/mol. The summed E-state index contributed by atoms with van der Waals surface area (Å²) in [6, 6.07) is 5.81. The zero-order valence-electron chi connectivity index (χ0n) is 10.2. The lowest BCUT2D eigenvalue weighted by atomic mass is 10.2. The van der Waals surface area contributed by atoms with Crippen LogP contribution in [0.4, 0.5) is 5.69 Å². The largest absolute Gasteiger partial charge is 0.397 e. The first-order valence-corrected chi connectivity index (χ1v) is 8.27. The lowest BCUT2D eigenvalue weighted by molar-refractivity contribution is 0.0956. The van der Waals surface area contributed by atoms with E-state index in [9.17, 15) is 4.79 Å². The number of nitrogens with zero attached hydrogens (tertiary/aromatic N) is 1. The molecule has 0 saturated heterocycles. The lowest BCUT2D eigenvalue weighted by Crippen LogP contribution is -2.22. The Bertz CT molecular complexity index is 767. The van der Waals surface area contributed by atoms with Gasteiger partial charge >= 0.3 is 0 Å². The van der Waals surface area contributed by atoms with Crippen molar-refractivity contribution in [3.05, 3.63) is 44.1 Å². The third kappa shape index (κ3) is 2.56. The van der Waals surface area contributed by atoms with Crippen LogP contribution in [0.5, 0.6) is 0 Å². The van der Waals surface area contributed by atoms with Crippen LogP contribution in [0.15, 0.2) is 34.4 Å². The van der Waals surface area contributed by atoms with E-state index >= 15 is 0 Å². The quantitative estimate of drug-likeness (QED) is 0.742. The maximum absolute atomic E-state index is 12.2. The molecule has 20 heavy (non-hydrogen) atoms. The number of rotatable bonds is 3. The number of hydrogen-bond acceptors (Lipinski definition) is 5. The van der Waals surface area contributed by atoms with Gasteiger partial charge in [-0.1, -0.05) is 22.0 Å². The first-order valence-electron chi connectivity index (χ1n) is 5.78. The fourth-order valence-corrected chi connectivity index (χ4v) is 3.96. The maximum Gasteiger partial charge on any atom is 0.263 e. The molecule has 1 amide bonds. The summed E-state index contributed by atoms with van der Waals surface area (Å²) >= 11 is 6.34. The number of carbonyl (C=O) groups excluding carboxylic acids is 1. The number of fused-ring (bicyclic) bond motifs is 1. The number of benzene rings is 1. The Labute approximate surface area is 131 Å². The van der Waals surface area contributed by atoms with E-state index in [0.717, 1.165) is 19.4 Å². The van der Waals surface area contributed by atoms with Crippen molar-refractivity contribution in [1.82, 2.24) is 10.3 Å². The molecule has 0 radical (unpaired) electrons. The summed E-state index contributed by atoms with van der Waals surface area (Å²) in [5, 5.41) is 3.79. The van der Waals surface area contributed by atoms with Crippen LogP contribution in [0.3, 0.4) is 0 Å². The molecule has 0 unspecified atom stereocenters. The second kappa shape index (κ2) is 5.51. The molecule has 4 nitrogen and oxygen atoms in total. The SMILES string of the molecule is Nc1c(C(=O)NCc2cncs2)sc2cc(Br)ccc12. The number of thiazole rings is 1. The monoisotopic (exact) mass is 367 g/mol. The highest BCUT2D eigenvalue weighted by atomic mass is 79.9. The molecule has 0 aliphatic rings. The Morgan fingerprint density at radius 3 is 3.05 bits per heavy atom. The van der Waals surface area contributed by atoms with Crippen molar-refractivity contribution in [3.63, 3.8) is 0 Å². The molecule has 0 fully saturated rings. The highest BCUT2D eigenvalue weighted by Crippen LogP contribution is 2.35. The van der Waals surface area contributed by atoms with Gasteiger partial charge in [-0.15, -0.1) is 22.7 Å². The summed E-state index contributed by atoms with van der Waals surface area (Å²) in [5.41, 5.74) is 8.35. The molecule has 0 aliphatic heterocycles. The summed E-state index contributed by atoms with van der Waals surface area (Å²) in [5.74, 6) is -0.145. The molecule has 3 aromatic rings. The van der Waals surface area contributed by atoms with Gasteiger partial charge in [-0.05, 0) is 12.1 Å². The molecule has 3 rings (SSSR count).